The Bertz CT molecular complexity index is 545. The number of hydrogen-bond acceptors (Lipinski definition) is 3. The van der Waals surface area contributed by atoms with Crippen LogP contribution in [0.5, 0.6) is 0 Å². The third-order valence-corrected chi connectivity index (χ3v) is 4.59. The number of nitrogens with one attached hydrogen (secondary N) is 1. The van der Waals surface area contributed by atoms with Crippen LogP contribution in [0.25, 0.3) is 0 Å². The predicted molar refractivity (Wildman–Crippen MR) is 90.5 cm³/mol. The van der Waals surface area contributed by atoms with Crippen LogP contribution in [-0.2, 0) is 11.2 Å². The lowest BCUT2D eigenvalue weighted by molar-refractivity contribution is 0.0386. The summed E-state index contributed by atoms with van der Waals surface area (Å²) in [5, 5.41) is 3.03. The van der Waals surface area contributed by atoms with Crippen molar-refractivity contribution in [2.45, 2.75) is 25.3 Å². The summed E-state index contributed by atoms with van der Waals surface area (Å²) in [7, 11) is 0. The van der Waals surface area contributed by atoms with E-state index in [0.717, 1.165) is 51.3 Å². The molecule has 1 aromatic carbocycles. The Kier molecular flexibility index (Phi) is 6.04. The van der Waals surface area contributed by atoms with Crippen LogP contribution < -0.4 is 5.32 Å². The first-order valence-corrected chi connectivity index (χ1v) is 8.81. The number of morpholine rings is 1. The summed E-state index contributed by atoms with van der Waals surface area (Å²) in [6.07, 6.45) is 2.82. The lowest BCUT2D eigenvalue weighted by atomic mass is 10.1. The van der Waals surface area contributed by atoms with Crippen LogP contribution in [0.3, 0.4) is 0 Å². The molecule has 1 saturated heterocycles. The average Bonchev–Trinajstić information content (AvgIpc) is 3.41. The molecular weight excluding hydrogens is 309 g/mol. The maximum absolute atomic E-state index is 13.3. The van der Waals surface area contributed by atoms with Gasteiger partial charge in [0, 0.05) is 38.8 Å². The molecule has 2 amide bonds. The number of amides is 2. The molecule has 1 N–H and O–H groups in total. The molecule has 1 aromatic rings. The first-order chi connectivity index (χ1) is 11.7. The smallest absolute Gasteiger partial charge is 0.317 e. The molecule has 2 aliphatic rings. The van der Waals surface area contributed by atoms with Gasteiger partial charge in [0.2, 0.25) is 0 Å². The van der Waals surface area contributed by atoms with Gasteiger partial charge in [0.05, 0.1) is 13.2 Å². The van der Waals surface area contributed by atoms with E-state index in [1.54, 1.807) is 12.1 Å². The lowest BCUT2D eigenvalue weighted by Crippen LogP contribution is -2.46. The minimum absolute atomic E-state index is 0.00200. The minimum atomic E-state index is -0.222. The normalized spacial score (nSPS) is 18.4. The van der Waals surface area contributed by atoms with Gasteiger partial charge in [0.1, 0.15) is 5.82 Å². The number of carbonyl (C=O) groups is 1. The Balaban J connectivity index is 1.43. The first-order valence-electron chi connectivity index (χ1n) is 8.81. The molecule has 0 radical (unpaired) electrons. The van der Waals surface area contributed by atoms with Gasteiger partial charge < -0.3 is 15.0 Å². The fourth-order valence-electron chi connectivity index (χ4n) is 3.03. The van der Waals surface area contributed by atoms with Crippen LogP contribution in [0.15, 0.2) is 24.3 Å². The summed E-state index contributed by atoms with van der Waals surface area (Å²) in [6.45, 7) is 5.56. The van der Waals surface area contributed by atoms with Crippen LogP contribution in [0.2, 0.25) is 0 Å². The van der Waals surface area contributed by atoms with Crippen LogP contribution in [0.4, 0.5) is 9.18 Å². The highest BCUT2D eigenvalue weighted by Gasteiger charge is 2.32. The minimum Gasteiger partial charge on any atom is -0.379 e. The van der Waals surface area contributed by atoms with Crippen molar-refractivity contribution < 1.29 is 13.9 Å². The molecule has 0 atom stereocenters. The summed E-state index contributed by atoms with van der Waals surface area (Å²) in [6, 6.07) is 6.96. The number of urea groups is 1. The molecule has 6 heteroatoms. The van der Waals surface area contributed by atoms with Gasteiger partial charge in [0.25, 0.3) is 0 Å². The number of benzene rings is 1. The van der Waals surface area contributed by atoms with Gasteiger partial charge in [0.15, 0.2) is 0 Å². The molecule has 0 aromatic heterocycles. The molecule has 5 nitrogen and oxygen atoms in total. The van der Waals surface area contributed by atoms with Crippen molar-refractivity contribution in [1.29, 1.82) is 0 Å². The van der Waals surface area contributed by atoms with E-state index in [0.29, 0.717) is 25.6 Å². The SMILES string of the molecule is O=C(NCCN1CCOCC1)N(CCc1cccc(F)c1)C1CC1. The molecule has 24 heavy (non-hydrogen) atoms. The van der Waals surface area contributed by atoms with E-state index in [1.165, 1.54) is 6.07 Å². The van der Waals surface area contributed by atoms with Gasteiger partial charge in [-0.3, -0.25) is 4.90 Å². The molecule has 1 saturated carbocycles. The Morgan fingerprint density at radius 3 is 2.83 bits per heavy atom. The van der Waals surface area contributed by atoms with E-state index in [4.69, 9.17) is 4.74 Å². The van der Waals surface area contributed by atoms with E-state index < -0.39 is 0 Å². The monoisotopic (exact) mass is 335 g/mol. The summed E-state index contributed by atoms with van der Waals surface area (Å²) < 4.78 is 18.6. The highest BCUT2D eigenvalue weighted by Crippen LogP contribution is 2.27. The Hall–Kier alpha value is -1.66. The molecule has 0 bridgehead atoms. The van der Waals surface area contributed by atoms with E-state index >= 15 is 0 Å². The van der Waals surface area contributed by atoms with E-state index in [1.807, 2.05) is 11.0 Å². The standard InChI is InChI=1S/C18H26FN3O2/c19-16-3-1-2-15(14-16)6-8-22(17-4-5-17)18(23)20-7-9-21-10-12-24-13-11-21/h1-3,14,17H,4-13H2,(H,20,23). The maximum Gasteiger partial charge on any atom is 0.317 e. The largest absolute Gasteiger partial charge is 0.379 e. The quantitative estimate of drug-likeness (QED) is 0.827. The Labute approximate surface area is 142 Å². The second-order valence-electron chi connectivity index (χ2n) is 6.49. The number of rotatable bonds is 7. The van der Waals surface area contributed by atoms with E-state index in [2.05, 4.69) is 10.2 Å². The molecule has 1 aliphatic carbocycles. The van der Waals surface area contributed by atoms with Crippen molar-refractivity contribution in [3.8, 4) is 0 Å². The summed E-state index contributed by atoms with van der Waals surface area (Å²) in [5.74, 6) is -0.222. The van der Waals surface area contributed by atoms with Crippen molar-refractivity contribution in [2.24, 2.45) is 0 Å². The second-order valence-corrected chi connectivity index (χ2v) is 6.49. The second kappa shape index (κ2) is 8.44. The van der Waals surface area contributed by atoms with Gasteiger partial charge in [-0.15, -0.1) is 0 Å². The van der Waals surface area contributed by atoms with Gasteiger partial charge in [-0.25, -0.2) is 9.18 Å². The molecule has 1 heterocycles. The molecular formula is C18H26FN3O2. The van der Waals surface area contributed by atoms with Crippen molar-refractivity contribution in [3.05, 3.63) is 35.6 Å². The van der Waals surface area contributed by atoms with E-state index in [9.17, 15) is 9.18 Å². The first kappa shape index (κ1) is 17.2. The zero-order valence-corrected chi connectivity index (χ0v) is 14.0. The third-order valence-electron chi connectivity index (χ3n) is 4.59. The van der Waals surface area contributed by atoms with Gasteiger partial charge >= 0.3 is 6.03 Å². The zero-order chi connectivity index (χ0) is 16.8. The van der Waals surface area contributed by atoms with Gasteiger partial charge in [-0.05, 0) is 37.0 Å². The summed E-state index contributed by atoms with van der Waals surface area (Å²) in [4.78, 5) is 16.7. The van der Waals surface area contributed by atoms with Crippen LogP contribution in [0, 0.1) is 5.82 Å². The van der Waals surface area contributed by atoms with Gasteiger partial charge in [-0.1, -0.05) is 12.1 Å². The van der Waals surface area contributed by atoms with Crippen molar-refractivity contribution >= 4 is 6.03 Å². The highest BCUT2D eigenvalue weighted by molar-refractivity contribution is 5.74. The fraction of sp³-hybridized carbons (Fsp3) is 0.611. The number of halogens is 1. The average molecular weight is 335 g/mol. The Morgan fingerprint density at radius 1 is 1.33 bits per heavy atom. The summed E-state index contributed by atoms with van der Waals surface area (Å²) in [5.41, 5.74) is 0.932. The zero-order valence-electron chi connectivity index (χ0n) is 14.0. The fourth-order valence-corrected chi connectivity index (χ4v) is 3.03. The number of nitrogens with zero attached hydrogens (tertiary/aromatic N) is 2. The lowest BCUT2D eigenvalue weighted by Gasteiger charge is -2.27. The molecule has 132 valence electrons. The number of hydrogen-bond donors (Lipinski definition) is 1. The topological polar surface area (TPSA) is 44.8 Å². The molecule has 0 unspecified atom stereocenters. The summed E-state index contributed by atoms with van der Waals surface area (Å²) >= 11 is 0. The van der Waals surface area contributed by atoms with Crippen molar-refractivity contribution in [2.75, 3.05) is 45.9 Å². The van der Waals surface area contributed by atoms with Crippen molar-refractivity contribution in [3.63, 3.8) is 0 Å². The maximum atomic E-state index is 13.3. The third kappa shape index (κ3) is 5.18. The molecule has 0 spiro atoms. The van der Waals surface area contributed by atoms with Crippen LogP contribution >= 0.6 is 0 Å². The molecule has 2 fully saturated rings. The predicted octanol–water partition coefficient (Wildman–Crippen LogP) is 1.87. The number of carbonyl (C=O) groups excluding carboxylic acids is 1. The molecule has 3 rings (SSSR count). The van der Waals surface area contributed by atoms with Gasteiger partial charge in [-0.2, -0.15) is 0 Å². The highest BCUT2D eigenvalue weighted by atomic mass is 19.1. The van der Waals surface area contributed by atoms with Crippen molar-refractivity contribution in [1.82, 2.24) is 15.1 Å². The molecule has 1 aliphatic heterocycles. The Morgan fingerprint density at radius 2 is 2.12 bits per heavy atom. The van der Waals surface area contributed by atoms with Crippen LogP contribution in [-0.4, -0.2) is 67.8 Å². The number of ether oxygens (including phenoxy) is 1. The van der Waals surface area contributed by atoms with Crippen LogP contribution in [0.1, 0.15) is 18.4 Å². The van der Waals surface area contributed by atoms with E-state index in [-0.39, 0.29) is 11.8 Å².